The molecule has 7 nitrogen and oxygen atoms in total. The van der Waals surface area contributed by atoms with Crippen molar-refractivity contribution in [3.8, 4) is 0 Å². The average Bonchev–Trinajstić information content (AvgIpc) is 3.14. The van der Waals surface area contributed by atoms with Crippen molar-refractivity contribution < 1.29 is 13.2 Å². The van der Waals surface area contributed by atoms with Crippen LogP contribution in [-0.2, 0) is 14.8 Å². The molecule has 1 aliphatic rings. The van der Waals surface area contributed by atoms with Crippen LogP contribution in [0.5, 0.6) is 0 Å². The van der Waals surface area contributed by atoms with Crippen LogP contribution in [0.1, 0.15) is 5.56 Å². The van der Waals surface area contributed by atoms with Crippen molar-refractivity contribution >= 4 is 60.7 Å². The fourth-order valence-electron chi connectivity index (χ4n) is 3.18. The first-order valence-electron chi connectivity index (χ1n) is 9.17. The zero-order valence-electron chi connectivity index (χ0n) is 15.9. The normalized spacial score (nSPS) is 16.0. The Labute approximate surface area is 183 Å². The van der Waals surface area contributed by atoms with E-state index in [0.29, 0.717) is 23.8 Å². The Balaban J connectivity index is 1.44. The first kappa shape index (κ1) is 20.8. The summed E-state index contributed by atoms with van der Waals surface area (Å²) in [6.45, 7) is 0.760. The molecule has 1 amide bonds. The maximum Gasteiger partial charge on any atom is 0.253 e. The van der Waals surface area contributed by atoms with Crippen molar-refractivity contribution in [2.24, 2.45) is 0 Å². The van der Waals surface area contributed by atoms with Gasteiger partial charge in [0.05, 0.1) is 6.54 Å². The lowest BCUT2D eigenvalue weighted by molar-refractivity contribution is -0.133. The van der Waals surface area contributed by atoms with Gasteiger partial charge in [-0.2, -0.15) is 4.31 Å². The van der Waals surface area contributed by atoms with Crippen LogP contribution in [-0.4, -0.2) is 54.7 Å². The van der Waals surface area contributed by atoms with Crippen molar-refractivity contribution in [2.45, 2.75) is 4.21 Å². The molecule has 10 heteroatoms. The highest BCUT2D eigenvalue weighted by molar-refractivity contribution is 7.91. The number of halogens is 1. The molecule has 0 bridgehead atoms. The number of nitrogens with two attached hydrogens (primary N) is 1. The van der Waals surface area contributed by atoms with Gasteiger partial charge in [0, 0.05) is 53.0 Å². The van der Waals surface area contributed by atoms with Gasteiger partial charge in [-0.1, -0.05) is 29.8 Å². The van der Waals surface area contributed by atoms with Crippen LogP contribution < -0.4 is 5.73 Å². The summed E-state index contributed by atoms with van der Waals surface area (Å²) < 4.78 is 28.3. The third kappa shape index (κ3) is 4.20. The maximum atomic E-state index is 13.0. The molecule has 0 aliphatic carbocycles. The Morgan fingerprint density at radius 2 is 2.07 bits per heavy atom. The number of nitrogen functional groups attached to an aromatic ring is 1. The molecule has 0 saturated carbocycles. The molecule has 3 heterocycles. The molecule has 4 rings (SSSR count). The van der Waals surface area contributed by atoms with Crippen LogP contribution in [0.3, 0.4) is 0 Å². The van der Waals surface area contributed by atoms with Gasteiger partial charge in [0.1, 0.15) is 4.21 Å². The van der Waals surface area contributed by atoms with Crippen molar-refractivity contribution in [2.75, 3.05) is 31.9 Å². The molecule has 1 aromatic carbocycles. The quantitative estimate of drug-likeness (QED) is 0.628. The number of fused-ring (bicyclic) bond motifs is 1. The van der Waals surface area contributed by atoms with E-state index < -0.39 is 10.0 Å². The Kier molecular flexibility index (Phi) is 5.79. The number of sulfonamides is 1. The van der Waals surface area contributed by atoms with Gasteiger partial charge in [0.2, 0.25) is 5.91 Å². The second kappa shape index (κ2) is 8.35. The molecular weight excluding hydrogens is 444 g/mol. The van der Waals surface area contributed by atoms with Crippen molar-refractivity contribution in [1.29, 1.82) is 0 Å². The van der Waals surface area contributed by atoms with Gasteiger partial charge in [-0.05, 0) is 29.7 Å². The summed E-state index contributed by atoms with van der Waals surface area (Å²) in [6.07, 6.45) is 6.89. The number of nitrogens with zero attached hydrogens (tertiary/aromatic N) is 3. The third-order valence-electron chi connectivity index (χ3n) is 4.85. The summed E-state index contributed by atoms with van der Waals surface area (Å²) in [7, 11) is -3.74. The van der Waals surface area contributed by atoms with Crippen LogP contribution in [0.2, 0.25) is 5.02 Å². The van der Waals surface area contributed by atoms with E-state index in [0.717, 1.165) is 27.0 Å². The molecule has 156 valence electrons. The van der Waals surface area contributed by atoms with Crippen LogP contribution in [0.25, 0.3) is 16.2 Å². The van der Waals surface area contributed by atoms with E-state index in [2.05, 4.69) is 4.98 Å². The lowest BCUT2D eigenvalue weighted by Gasteiger charge is -2.32. The Hall–Kier alpha value is -2.46. The van der Waals surface area contributed by atoms with Crippen LogP contribution >= 0.6 is 22.9 Å². The standard InChI is InChI=1S/C20H19ClN4O3S2/c21-16-4-3-14-10-20(29-18(14)11-16)30(27,28)25-9-8-24(19(26)13-25)7-1-2-15-12-23-6-5-17(15)22/h1-6,10-12H,7-9,13H2,(H2,22,23). The number of amides is 1. The zero-order chi connectivity index (χ0) is 21.3. The fraction of sp³-hybridized carbons (Fsp3) is 0.200. The Morgan fingerprint density at radius 1 is 1.23 bits per heavy atom. The number of aromatic nitrogens is 1. The number of thiophene rings is 1. The van der Waals surface area contributed by atoms with Crippen molar-refractivity contribution in [1.82, 2.24) is 14.2 Å². The van der Waals surface area contributed by atoms with E-state index in [1.807, 2.05) is 6.08 Å². The van der Waals surface area contributed by atoms with E-state index >= 15 is 0 Å². The minimum Gasteiger partial charge on any atom is -0.398 e. The first-order chi connectivity index (χ1) is 14.3. The first-order valence-corrected chi connectivity index (χ1v) is 11.8. The van der Waals surface area contributed by atoms with Crippen LogP contribution in [0.15, 0.2) is 53.0 Å². The minimum atomic E-state index is -3.74. The second-order valence-electron chi connectivity index (χ2n) is 6.83. The molecule has 1 fully saturated rings. The van der Waals surface area contributed by atoms with E-state index in [9.17, 15) is 13.2 Å². The summed E-state index contributed by atoms with van der Waals surface area (Å²) >= 11 is 7.16. The molecule has 30 heavy (non-hydrogen) atoms. The predicted molar refractivity (Wildman–Crippen MR) is 120 cm³/mol. The molecule has 3 aromatic rings. The van der Waals surface area contributed by atoms with E-state index in [4.69, 9.17) is 17.3 Å². The van der Waals surface area contributed by atoms with E-state index in [1.54, 1.807) is 53.7 Å². The number of rotatable bonds is 5. The fourth-order valence-corrected chi connectivity index (χ4v) is 6.39. The summed E-state index contributed by atoms with van der Waals surface area (Å²) in [4.78, 5) is 18.2. The predicted octanol–water partition coefficient (Wildman–Crippen LogP) is 3.08. The monoisotopic (exact) mass is 462 g/mol. The van der Waals surface area contributed by atoms with Gasteiger partial charge in [-0.25, -0.2) is 8.42 Å². The van der Waals surface area contributed by atoms with Crippen LogP contribution in [0, 0.1) is 0 Å². The van der Waals surface area contributed by atoms with Crippen LogP contribution in [0.4, 0.5) is 5.69 Å². The van der Waals surface area contributed by atoms with E-state index in [-0.39, 0.29) is 23.2 Å². The molecule has 1 saturated heterocycles. The highest BCUT2D eigenvalue weighted by Gasteiger charge is 2.33. The number of carbonyl (C=O) groups is 1. The third-order valence-corrected chi connectivity index (χ3v) is 8.47. The lowest BCUT2D eigenvalue weighted by atomic mass is 10.2. The van der Waals surface area contributed by atoms with Gasteiger partial charge in [0.25, 0.3) is 10.0 Å². The smallest absolute Gasteiger partial charge is 0.253 e. The Bertz CT molecular complexity index is 1240. The minimum absolute atomic E-state index is 0.180. The highest BCUT2D eigenvalue weighted by atomic mass is 35.5. The second-order valence-corrected chi connectivity index (χ2v) is 10.5. The molecule has 0 spiro atoms. The number of piperazine rings is 1. The molecule has 0 unspecified atom stereocenters. The van der Waals surface area contributed by atoms with E-state index in [1.165, 1.54) is 4.31 Å². The molecule has 1 aliphatic heterocycles. The maximum absolute atomic E-state index is 13.0. The average molecular weight is 463 g/mol. The number of pyridine rings is 1. The van der Waals surface area contributed by atoms with Gasteiger partial charge in [-0.15, -0.1) is 11.3 Å². The number of hydrogen-bond donors (Lipinski definition) is 1. The SMILES string of the molecule is Nc1ccncc1C=CCN1CCN(S(=O)(=O)c2cc3ccc(Cl)cc3s2)CC1=O. The molecule has 0 atom stereocenters. The summed E-state index contributed by atoms with van der Waals surface area (Å²) in [5.41, 5.74) is 7.25. The molecular formula is C20H19ClN4O3S2. The van der Waals surface area contributed by atoms with Gasteiger partial charge >= 0.3 is 0 Å². The largest absolute Gasteiger partial charge is 0.398 e. The van der Waals surface area contributed by atoms with Gasteiger partial charge < -0.3 is 10.6 Å². The number of anilines is 1. The topological polar surface area (TPSA) is 96.6 Å². The van der Waals surface area contributed by atoms with Crippen molar-refractivity contribution in [3.63, 3.8) is 0 Å². The molecule has 2 aromatic heterocycles. The number of hydrogen-bond acceptors (Lipinski definition) is 6. The lowest BCUT2D eigenvalue weighted by Crippen LogP contribution is -2.51. The molecule has 2 N–H and O–H groups in total. The summed E-state index contributed by atoms with van der Waals surface area (Å²) in [5, 5.41) is 1.37. The Morgan fingerprint density at radius 3 is 2.83 bits per heavy atom. The highest BCUT2D eigenvalue weighted by Crippen LogP contribution is 2.33. The number of benzene rings is 1. The van der Waals surface area contributed by atoms with Gasteiger partial charge in [-0.3, -0.25) is 9.78 Å². The zero-order valence-corrected chi connectivity index (χ0v) is 18.3. The van der Waals surface area contributed by atoms with Gasteiger partial charge in [0.15, 0.2) is 0 Å². The number of carbonyl (C=O) groups excluding carboxylic acids is 1. The summed E-state index contributed by atoms with van der Waals surface area (Å²) in [6, 6.07) is 8.59. The summed E-state index contributed by atoms with van der Waals surface area (Å²) in [5.74, 6) is -0.238. The van der Waals surface area contributed by atoms with Crippen molar-refractivity contribution in [3.05, 3.63) is 59.4 Å². The molecule has 0 radical (unpaired) electrons.